The van der Waals surface area contributed by atoms with Crippen LogP contribution in [0.25, 0.3) is 0 Å². The predicted molar refractivity (Wildman–Crippen MR) is 87.7 cm³/mol. The van der Waals surface area contributed by atoms with Gasteiger partial charge >= 0.3 is 0 Å². The van der Waals surface area contributed by atoms with E-state index in [1.165, 1.54) is 32.1 Å². The van der Waals surface area contributed by atoms with Gasteiger partial charge in [0, 0.05) is 19.2 Å². The van der Waals surface area contributed by atoms with Gasteiger partial charge in [0.1, 0.15) is 11.6 Å². The van der Waals surface area contributed by atoms with Crippen LogP contribution in [0.2, 0.25) is 0 Å². The third kappa shape index (κ3) is 4.85. The maximum absolute atomic E-state index is 4.52. The average molecular weight is 294 g/mol. The van der Waals surface area contributed by atoms with Crippen molar-refractivity contribution in [1.82, 2.24) is 9.97 Å². The van der Waals surface area contributed by atoms with Crippen LogP contribution in [0, 0.1) is 5.92 Å². The predicted octanol–water partition coefficient (Wildman–Crippen LogP) is 4.01. The van der Waals surface area contributed by atoms with Crippen LogP contribution in [-0.4, -0.2) is 29.3 Å². The van der Waals surface area contributed by atoms with Crippen LogP contribution in [0.15, 0.2) is 11.2 Å². The van der Waals surface area contributed by atoms with Gasteiger partial charge in [-0.25, -0.2) is 9.97 Å². The van der Waals surface area contributed by atoms with Crippen molar-refractivity contribution in [2.75, 3.05) is 30.0 Å². The summed E-state index contributed by atoms with van der Waals surface area (Å²) in [6.07, 6.45) is 10.0. The van der Waals surface area contributed by atoms with Crippen molar-refractivity contribution < 1.29 is 0 Å². The first-order valence-corrected chi connectivity index (χ1v) is 8.95. The van der Waals surface area contributed by atoms with Crippen molar-refractivity contribution in [1.29, 1.82) is 0 Å². The Morgan fingerprint density at radius 2 is 1.80 bits per heavy atom. The molecule has 0 spiro atoms. The molecule has 2 rings (SSSR count). The molecular weight excluding hydrogens is 268 g/mol. The van der Waals surface area contributed by atoms with Crippen LogP contribution in [-0.2, 0) is 0 Å². The first-order chi connectivity index (χ1) is 9.81. The largest absolute Gasteiger partial charge is 0.370 e. The second-order valence-electron chi connectivity index (χ2n) is 5.42. The van der Waals surface area contributed by atoms with Gasteiger partial charge < -0.3 is 10.6 Å². The Balaban J connectivity index is 1.87. The second-order valence-corrected chi connectivity index (χ2v) is 6.19. The molecule has 5 heteroatoms. The van der Waals surface area contributed by atoms with Crippen molar-refractivity contribution in [3.63, 3.8) is 0 Å². The number of hydrogen-bond donors (Lipinski definition) is 2. The van der Waals surface area contributed by atoms with Crippen LogP contribution in [0.4, 0.5) is 11.6 Å². The van der Waals surface area contributed by atoms with Gasteiger partial charge in [-0.05, 0) is 25.0 Å². The molecule has 2 N–H and O–H groups in total. The van der Waals surface area contributed by atoms with E-state index in [0.717, 1.165) is 42.2 Å². The van der Waals surface area contributed by atoms with E-state index in [4.69, 9.17) is 0 Å². The molecule has 1 aliphatic rings. The third-order valence-corrected chi connectivity index (χ3v) is 4.33. The van der Waals surface area contributed by atoms with Crippen LogP contribution in [0.5, 0.6) is 0 Å². The highest BCUT2D eigenvalue weighted by Gasteiger charge is 2.14. The Morgan fingerprint density at radius 3 is 2.40 bits per heavy atom. The van der Waals surface area contributed by atoms with Crippen LogP contribution < -0.4 is 10.6 Å². The summed E-state index contributed by atoms with van der Waals surface area (Å²) in [5, 5.41) is 7.62. The van der Waals surface area contributed by atoms with Crippen molar-refractivity contribution in [3.8, 4) is 0 Å². The zero-order chi connectivity index (χ0) is 14.2. The van der Waals surface area contributed by atoms with Gasteiger partial charge in [0.25, 0.3) is 0 Å². The molecule has 0 atom stereocenters. The fourth-order valence-electron chi connectivity index (χ4n) is 2.65. The fraction of sp³-hybridized carbons (Fsp3) is 0.733. The van der Waals surface area contributed by atoms with E-state index in [9.17, 15) is 0 Å². The minimum absolute atomic E-state index is 0.828. The number of aromatic nitrogens is 2. The molecule has 1 aliphatic carbocycles. The molecule has 0 radical (unpaired) electrons. The highest BCUT2D eigenvalue weighted by Crippen LogP contribution is 2.27. The lowest BCUT2D eigenvalue weighted by molar-refractivity contribution is 0.518. The summed E-state index contributed by atoms with van der Waals surface area (Å²) in [7, 11) is 0. The van der Waals surface area contributed by atoms with Gasteiger partial charge in [0.05, 0.1) is 0 Å². The molecule has 0 aliphatic heterocycles. The molecule has 0 aromatic carbocycles. The molecule has 1 aromatic rings. The Morgan fingerprint density at radius 1 is 1.15 bits per heavy atom. The molecule has 20 heavy (non-hydrogen) atoms. The smallest absolute Gasteiger partial charge is 0.191 e. The van der Waals surface area contributed by atoms with Crippen LogP contribution >= 0.6 is 11.8 Å². The minimum Gasteiger partial charge on any atom is -0.370 e. The van der Waals surface area contributed by atoms with Crippen molar-refractivity contribution in [3.05, 3.63) is 6.07 Å². The molecular formula is C15H26N4S. The quantitative estimate of drug-likeness (QED) is 0.560. The van der Waals surface area contributed by atoms with Crippen LogP contribution in [0.3, 0.4) is 0 Å². The lowest BCUT2D eigenvalue weighted by Gasteiger charge is -2.12. The summed E-state index contributed by atoms with van der Waals surface area (Å²) < 4.78 is 0. The summed E-state index contributed by atoms with van der Waals surface area (Å²) in [5.41, 5.74) is 0. The SMILES string of the molecule is CCCNc1cc(NCCC2CCCC2)nc(SC)n1. The van der Waals surface area contributed by atoms with E-state index in [-0.39, 0.29) is 0 Å². The van der Waals surface area contributed by atoms with Crippen LogP contribution in [0.1, 0.15) is 45.4 Å². The standard InChI is InChI=1S/C15H26N4S/c1-3-9-16-13-11-14(19-15(18-13)20-2)17-10-8-12-6-4-5-7-12/h11-12H,3-10H2,1-2H3,(H2,16,17,18,19). The lowest BCUT2D eigenvalue weighted by Crippen LogP contribution is -2.10. The fourth-order valence-corrected chi connectivity index (χ4v) is 3.03. The zero-order valence-electron chi connectivity index (χ0n) is 12.6. The number of nitrogens with zero attached hydrogens (tertiary/aromatic N) is 2. The topological polar surface area (TPSA) is 49.8 Å². The monoisotopic (exact) mass is 294 g/mol. The first-order valence-electron chi connectivity index (χ1n) is 7.72. The molecule has 0 amide bonds. The summed E-state index contributed by atoms with van der Waals surface area (Å²) >= 11 is 1.59. The molecule has 1 heterocycles. The molecule has 0 unspecified atom stereocenters. The average Bonchev–Trinajstić information content (AvgIpc) is 2.98. The minimum atomic E-state index is 0.828. The number of hydrogen-bond acceptors (Lipinski definition) is 5. The van der Waals surface area contributed by atoms with E-state index in [2.05, 4.69) is 27.5 Å². The number of rotatable bonds is 8. The van der Waals surface area contributed by atoms with Crippen molar-refractivity contribution in [2.24, 2.45) is 5.92 Å². The van der Waals surface area contributed by atoms with E-state index >= 15 is 0 Å². The van der Waals surface area contributed by atoms with Gasteiger partial charge in [-0.2, -0.15) is 0 Å². The van der Waals surface area contributed by atoms with E-state index in [1.807, 2.05) is 12.3 Å². The van der Waals surface area contributed by atoms with E-state index < -0.39 is 0 Å². The van der Waals surface area contributed by atoms with Crippen molar-refractivity contribution >= 4 is 23.4 Å². The lowest BCUT2D eigenvalue weighted by atomic mass is 10.0. The van der Waals surface area contributed by atoms with Gasteiger partial charge in [-0.3, -0.25) is 0 Å². The summed E-state index contributed by atoms with van der Waals surface area (Å²) in [5.74, 6) is 2.79. The molecule has 1 aromatic heterocycles. The van der Waals surface area contributed by atoms with E-state index in [1.54, 1.807) is 11.8 Å². The molecule has 112 valence electrons. The molecule has 4 nitrogen and oxygen atoms in total. The van der Waals surface area contributed by atoms with Gasteiger partial charge in [0.15, 0.2) is 5.16 Å². The summed E-state index contributed by atoms with van der Waals surface area (Å²) in [6, 6.07) is 2.02. The Bertz CT molecular complexity index is 405. The Kier molecular flexibility index (Phi) is 6.43. The number of thioether (sulfide) groups is 1. The Hall–Kier alpha value is -0.970. The number of nitrogens with one attached hydrogen (secondary N) is 2. The van der Waals surface area contributed by atoms with E-state index in [0.29, 0.717) is 0 Å². The maximum atomic E-state index is 4.52. The van der Waals surface area contributed by atoms with Gasteiger partial charge in [-0.15, -0.1) is 0 Å². The first kappa shape index (κ1) is 15.4. The summed E-state index contributed by atoms with van der Waals surface area (Å²) in [6.45, 7) is 4.12. The molecule has 0 bridgehead atoms. The molecule has 0 saturated heterocycles. The zero-order valence-corrected chi connectivity index (χ0v) is 13.4. The van der Waals surface area contributed by atoms with Crippen molar-refractivity contribution in [2.45, 2.75) is 50.6 Å². The second kappa shape index (κ2) is 8.35. The highest BCUT2D eigenvalue weighted by molar-refractivity contribution is 7.98. The normalized spacial score (nSPS) is 15.5. The summed E-state index contributed by atoms with van der Waals surface area (Å²) in [4.78, 5) is 9.00. The third-order valence-electron chi connectivity index (χ3n) is 3.78. The van der Waals surface area contributed by atoms with Gasteiger partial charge in [-0.1, -0.05) is 44.4 Å². The molecule has 1 fully saturated rings. The highest BCUT2D eigenvalue weighted by atomic mass is 32.2. The number of anilines is 2. The Labute approximate surface area is 126 Å². The molecule has 1 saturated carbocycles. The van der Waals surface area contributed by atoms with Gasteiger partial charge in [0.2, 0.25) is 0 Å². The maximum Gasteiger partial charge on any atom is 0.191 e.